The van der Waals surface area contributed by atoms with Crippen LogP contribution in [0, 0.1) is 0 Å². The predicted octanol–water partition coefficient (Wildman–Crippen LogP) is 3.83. The van der Waals surface area contributed by atoms with Crippen molar-refractivity contribution in [1.29, 1.82) is 0 Å². The molecule has 0 atom stereocenters. The lowest BCUT2D eigenvalue weighted by Gasteiger charge is -2.18. The molecule has 0 saturated heterocycles. The fraction of sp³-hybridized carbons (Fsp3) is 0.286. The monoisotopic (exact) mass is 362 g/mol. The van der Waals surface area contributed by atoms with E-state index in [1.54, 1.807) is 0 Å². The van der Waals surface area contributed by atoms with Gasteiger partial charge in [-0.1, -0.05) is 0 Å². The summed E-state index contributed by atoms with van der Waals surface area (Å²) in [7, 11) is 0. The lowest BCUT2D eigenvalue weighted by atomic mass is 9.86. The van der Waals surface area contributed by atoms with E-state index >= 15 is 0 Å². The minimum atomic E-state index is -0.537. The third-order valence-electron chi connectivity index (χ3n) is 5.14. The summed E-state index contributed by atoms with van der Waals surface area (Å²) < 4.78 is 0. The van der Waals surface area contributed by atoms with Gasteiger partial charge in [0.25, 0.3) is 0 Å². The summed E-state index contributed by atoms with van der Waals surface area (Å²) in [5.41, 5.74) is 4.86. The molecule has 1 aromatic heterocycles. The highest BCUT2D eigenvalue weighted by Crippen LogP contribution is 2.43. The van der Waals surface area contributed by atoms with Gasteiger partial charge in [0.05, 0.1) is 22.1 Å². The van der Waals surface area contributed by atoms with E-state index in [0.717, 1.165) is 39.4 Å². The van der Waals surface area contributed by atoms with Crippen molar-refractivity contribution in [3.8, 4) is 11.4 Å². The number of anilines is 2. The third-order valence-corrected chi connectivity index (χ3v) is 5.14. The minimum absolute atomic E-state index is 0.0985. The maximum Gasteiger partial charge on any atom is 0.237 e. The lowest BCUT2D eigenvalue weighted by Crippen LogP contribution is -2.35. The molecule has 0 fully saturated rings. The van der Waals surface area contributed by atoms with E-state index < -0.39 is 5.41 Å². The van der Waals surface area contributed by atoms with Gasteiger partial charge >= 0.3 is 0 Å². The molecular weight excluding hydrogens is 340 g/mol. The van der Waals surface area contributed by atoms with Crippen molar-refractivity contribution in [2.45, 2.75) is 33.1 Å². The molecule has 0 bridgehead atoms. The predicted molar refractivity (Wildman–Crippen MR) is 107 cm³/mol. The Balaban J connectivity index is 1.76. The Hall–Kier alpha value is -3.15. The molecule has 0 aliphatic carbocycles. The quantitative estimate of drug-likeness (QED) is 0.743. The number of aromatic nitrogens is 2. The number of hydrogen-bond acceptors (Lipinski definition) is 3. The molecule has 2 N–H and O–H groups in total. The number of aromatic amines is 1. The van der Waals surface area contributed by atoms with Crippen molar-refractivity contribution in [2.24, 2.45) is 0 Å². The SMILES string of the molecule is CCN1C(=O)C(C)(C)c2cc3[nH]c(-c4ccc(NC(C)=O)cc4)nc3cc21. The largest absolute Gasteiger partial charge is 0.338 e. The molecule has 0 saturated carbocycles. The second kappa shape index (κ2) is 5.94. The number of imidazole rings is 1. The minimum Gasteiger partial charge on any atom is -0.338 e. The molecule has 6 nitrogen and oxygen atoms in total. The zero-order valence-electron chi connectivity index (χ0n) is 15.9. The topological polar surface area (TPSA) is 78.1 Å². The molecular formula is C21H22N4O2. The maximum absolute atomic E-state index is 12.7. The Morgan fingerprint density at radius 1 is 1.22 bits per heavy atom. The first-order valence-electron chi connectivity index (χ1n) is 9.05. The van der Waals surface area contributed by atoms with Gasteiger partial charge in [0.1, 0.15) is 5.82 Å². The third kappa shape index (κ3) is 2.68. The van der Waals surface area contributed by atoms with E-state index in [0.29, 0.717) is 6.54 Å². The number of fused-ring (bicyclic) bond motifs is 2. The Bertz CT molecular complexity index is 1060. The summed E-state index contributed by atoms with van der Waals surface area (Å²) in [6, 6.07) is 11.6. The Morgan fingerprint density at radius 2 is 1.93 bits per heavy atom. The van der Waals surface area contributed by atoms with Crippen molar-refractivity contribution >= 4 is 34.2 Å². The fourth-order valence-electron chi connectivity index (χ4n) is 3.70. The number of benzene rings is 2. The molecule has 4 rings (SSSR count). The Labute approximate surface area is 157 Å². The van der Waals surface area contributed by atoms with Crippen molar-refractivity contribution in [3.63, 3.8) is 0 Å². The second-order valence-electron chi connectivity index (χ2n) is 7.40. The van der Waals surface area contributed by atoms with Crippen LogP contribution >= 0.6 is 0 Å². The summed E-state index contributed by atoms with van der Waals surface area (Å²) in [5, 5.41) is 2.76. The maximum atomic E-state index is 12.7. The van der Waals surface area contributed by atoms with E-state index in [1.165, 1.54) is 6.92 Å². The summed E-state index contributed by atoms with van der Waals surface area (Å²) in [6.07, 6.45) is 0. The number of likely N-dealkylation sites (N-methyl/N-ethyl adjacent to an activating group) is 1. The van der Waals surface area contributed by atoms with Crippen molar-refractivity contribution in [2.75, 3.05) is 16.8 Å². The summed E-state index contributed by atoms with van der Waals surface area (Å²) in [6.45, 7) is 8.04. The van der Waals surface area contributed by atoms with Crippen LogP contribution in [0.1, 0.15) is 33.3 Å². The molecule has 2 heterocycles. The van der Waals surface area contributed by atoms with Gasteiger partial charge in [0, 0.05) is 24.7 Å². The van der Waals surface area contributed by atoms with Crippen LogP contribution in [0.3, 0.4) is 0 Å². The Kier molecular flexibility index (Phi) is 3.80. The molecule has 2 amide bonds. The van der Waals surface area contributed by atoms with E-state index in [-0.39, 0.29) is 11.8 Å². The summed E-state index contributed by atoms with van der Waals surface area (Å²) in [4.78, 5) is 33.7. The highest BCUT2D eigenvalue weighted by molar-refractivity contribution is 6.09. The smallest absolute Gasteiger partial charge is 0.237 e. The number of nitrogens with zero attached hydrogens (tertiary/aromatic N) is 2. The van der Waals surface area contributed by atoms with Crippen LogP contribution in [-0.2, 0) is 15.0 Å². The van der Waals surface area contributed by atoms with Gasteiger partial charge in [-0.2, -0.15) is 0 Å². The molecule has 1 aliphatic heterocycles. The summed E-state index contributed by atoms with van der Waals surface area (Å²) in [5.74, 6) is 0.787. The number of carbonyl (C=O) groups is 2. The molecule has 0 spiro atoms. The molecule has 27 heavy (non-hydrogen) atoms. The van der Waals surface area contributed by atoms with Crippen molar-refractivity contribution < 1.29 is 9.59 Å². The number of amides is 2. The average molecular weight is 362 g/mol. The molecule has 3 aromatic rings. The first kappa shape index (κ1) is 17.3. The van der Waals surface area contributed by atoms with Gasteiger partial charge < -0.3 is 15.2 Å². The Morgan fingerprint density at radius 3 is 2.56 bits per heavy atom. The van der Waals surface area contributed by atoms with Gasteiger partial charge in [-0.05, 0) is 62.7 Å². The van der Waals surface area contributed by atoms with Crippen LogP contribution in [0.4, 0.5) is 11.4 Å². The van der Waals surface area contributed by atoms with Gasteiger partial charge in [-0.3, -0.25) is 9.59 Å². The molecule has 2 aromatic carbocycles. The number of hydrogen-bond donors (Lipinski definition) is 2. The van der Waals surface area contributed by atoms with Crippen LogP contribution in [0.25, 0.3) is 22.4 Å². The summed E-state index contributed by atoms with van der Waals surface area (Å²) >= 11 is 0. The van der Waals surface area contributed by atoms with Crippen LogP contribution < -0.4 is 10.2 Å². The number of rotatable bonds is 3. The lowest BCUT2D eigenvalue weighted by molar-refractivity contribution is -0.122. The molecule has 6 heteroatoms. The standard InChI is InChI=1S/C21H22N4O2/c1-5-25-18-11-17-16(10-15(18)21(3,4)20(25)27)23-19(24-17)13-6-8-14(9-7-13)22-12(2)26/h6-11H,5H2,1-4H3,(H,22,26)(H,23,24). The van der Waals surface area contributed by atoms with E-state index in [2.05, 4.69) is 10.3 Å². The highest BCUT2D eigenvalue weighted by atomic mass is 16.2. The van der Waals surface area contributed by atoms with Gasteiger partial charge in [-0.25, -0.2) is 4.98 Å². The van der Waals surface area contributed by atoms with Crippen LogP contribution in [0.15, 0.2) is 36.4 Å². The van der Waals surface area contributed by atoms with Crippen LogP contribution in [0.2, 0.25) is 0 Å². The molecule has 0 unspecified atom stereocenters. The van der Waals surface area contributed by atoms with E-state index in [4.69, 9.17) is 4.98 Å². The van der Waals surface area contributed by atoms with Gasteiger partial charge in [0.2, 0.25) is 11.8 Å². The van der Waals surface area contributed by atoms with Crippen LogP contribution in [-0.4, -0.2) is 28.3 Å². The molecule has 138 valence electrons. The van der Waals surface area contributed by atoms with E-state index in [1.807, 2.05) is 62.1 Å². The van der Waals surface area contributed by atoms with Crippen LogP contribution in [0.5, 0.6) is 0 Å². The number of carbonyl (C=O) groups excluding carboxylic acids is 2. The average Bonchev–Trinajstić information content (AvgIpc) is 3.11. The van der Waals surface area contributed by atoms with Crippen molar-refractivity contribution in [3.05, 3.63) is 42.0 Å². The van der Waals surface area contributed by atoms with Crippen molar-refractivity contribution in [1.82, 2.24) is 9.97 Å². The zero-order valence-corrected chi connectivity index (χ0v) is 15.9. The first-order chi connectivity index (χ1) is 12.8. The fourth-order valence-corrected chi connectivity index (χ4v) is 3.70. The molecule has 0 radical (unpaired) electrons. The normalized spacial score (nSPS) is 15.3. The zero-order chi connectivity index (χ0) is 19.3. The second-order valence-corrected chi connectivity index (χ2v) is 7.40. The highest BCUT2D eigenvalue weighted by Gasteiger charge is 2.43. The van der Waals surface area contributed by atoms with E-state index in [9.17, 15) is 9.59 Å². The van der Waals surface area contributed by atoms with Gasteiger partial charge in [-0.15, -0.1) is 0 Å². The number of nitrogens with one attached hydrogen (secondary N) is 2. The van der Waals surface area contributed by atoms with Gasteiger partial charge in [0.15, 0.2) is 0 Å². The number of H-pyrrole nitrogens is 1. The molecule has 1 aliphatic rings. The first-order valence-corrected chi connectivity index (χ1v) is 9.05.